The maximum Gasteiger partial charge on any atom is 0.261 e. The molecule has 0 aliphatic carbocycles. The highest BCUT2D eigenvalue weighted by Crippen LogP contribution is 2.37. The van der Waals surface area contributed by atoms with Crippen LogP contribution >= 0.6 is 0 Å². The van der Waals surface area contributed by atoms with Crippen LogP contribution in [0.4, 0.5) is 0 Å². The molecular formula is C25H24N6O3. The Bertz CT molecular complexity index is 1410. The van der Waals surface area contributed by atoms with Crippen LogP contribution in [0.1, 0.15) is 16.8 Å². The summed E-state index contributed by atoms with van der Waals surface area (Å²) in [6.45, 7) is 0.952. The van der Waals surface area contributed by atoms with Crippen molar-refractivity contribution >= 4 is 11.6 Å². The van der Waals surface area contributed by atoms with Gasteiger partial charge in [-0.25, -0.2) is 4.98 Å². The number of nitrogens with zero attached hydrogens (tertiary/aromatic N) is 6. The van der Waals surface area contributed by atoms with E-state index in [2.05, 4.69) is 16.2 Å². The number of rotatable bonds is 5. The van der Waals surface area contributed by atoms with E-state index in [-0.39, 0.29) is 11.8 Å². The van der Waals surface area contributed by atoms with Crippen molar-refractivity contribution in [2.45, 2.75) is 6.42 Å². The zero-order valence-electron chi connectivity index (χ0n) is 19.2. The van der Waals surface area contributed by atoms with Gasteiger partial charge in [0.25, 0.3) is 5.91 Å². The predicted molar refractivity (Wildman–Crippen MR) is 126 cm³/mol. The number of carbonyl (C=O) groups excluding carboxylic acids is 1. The number of likely N-dealkylation sites (tertiary alicyclic amines) is 1. The van der Waals surface area contributed by atoms with E-state index in [1.807, 2.05) is 54.3 Å². The fourth-order valence-corrected chi connectivity index (χ4v) is 4.42. The number of ether oxygens (including phenoxy) is 2. The second-order valence-electron chi connectivity index (χ2n) is 8.31. The van der Waals surface area contributed by atoms with Gasteiger partial charge in [-0.3, -0.25) is 13.9 Å². The van der Waals surface area contributed by atoms with Crippen molar-refractivity contribution in [2.24, 2.45) is 13.0 Å². The zero-order valence-corrected chi connectivity index (χ0v) is 19.2. The van der Waals surface area contributed by atoms with Gasteiger partial charge in [-0.05, 0) is 36.2 Å². The summed E-state index contributed by atoms with van der Waals surface area (Å²) >= 11 is 0. The second-order valence-corrected chi connectivity index (χ2v) is 8.31. The Morgan fingerprint density at radius 1 is 1.12 bits per heavy atom. The van der Waals surface area contributed by atoms with E-state index in [9.17, 15) is 10.1 Å². The summed E-state index contributed by atoms with van der Waals surface area (Å²) in [4.78, 5) is 19.6. The SMILES string of the molecule is COc1cc(-c2cnc3cc(-c4cnn(C)c4)ccn23)cc(OC)c1C(=O)N1CCC(C#N)C1. The summed E-state index contributed by atoms with van der Waals surface area (Å²) < 4.78 is 15.0. The van der Waals surface area contributed by atoms with Crippen LogP contribution in [0, 0.1) is 17.2 Å². The minimum Gasteiger partial charge on any atom is -0.496 e. The van der Waals surface area contributed by atoms with Crippen molar-refractivity contribution in [3.05, 3.63) is 54.6 Å². The van der Waals surface area contributed by atoms with Crippen molar-refractivity contribution in [1.29, 1.82) is 5.26 Å². The van der Waals surface area contributed by atoms with Crippen LogP contribution in [0.3, 0.4) is 0 Å². The van der Waals surface area contributed by atoms with Crippen LogP contribution in [0.2, 0.25) is 0 Å². The van der Waals surface area contributed by atoms with E-state index in [1.165, 1.54) is 14.2 Å². The lowest BCUT2D eigenvalue weighted by Crippen LogP contribution is -2.29. The first-order valence-corrected chi connectivity index (χ1v) is 10.9. The van der Waals surface area contributed by atoms with Gasteiger partial charge in [-0.2, -0.15) is 10.4 Å². The van der Waals surface area contributed by atoms with E-state index in [0.717, 1.165) is 28.0 Å². The van der Waals surface area contributed by atoms with Gasteiger partial charge in [-0.15, -0.1) is 0 Å². The van der Waals surface area contributed by atoms with Crippen molar-refractivity contribution in [1.82, 2.24) is 24.1 Å². The number of imidazole rings is 1. The van der Waals surface area contributed by atoms with Crippen LogP contribution in [0.15, 0.2) is 49.1 Å². The van der Waals surface area contributed by atoms with Gasteiger partial charge in [0.1, 0.15) is 22.7 Å². The molecule has 1 fully saturated rings. The third-order valence-electron chi connectivity index (χ3n) is 6.22. The number of methoxy groups -OCH3 is 2. The molecule has 1 atom stereocenters. The van der Waals surface area contributed by atoms with Crippen molar-refractivity contribution < 1.29 is 14.3 Å². The third kappa shape index (κ3) is 3.63. The standard InChI is InChI=1S/C25H24N6O3/c1-29-15-19(12-28-29)17-5-7-31-20(13-27-23(31)10-17)18-8-21(33-2)24(22(9-18)34-3)25(32)30-6-4-16(11-26)14-30/h5,7-10,12-13,15-16H,4,6,14H2,1-3H3. The first-order valence-electron chi connectivity index (χ1n) is 10.9. The molecule has 5 rings (SSSR count). The monoisotopic (exact) mass is 456 g/mol. The third-order valence-corrected chi connectivity index (χ3v) is 6.22. The Morgan fingerprint density at radius 2 is 1.88 bits per heavy atom. The van der Waals surface area contributed by atoms with Crippen LogP contribution in [0.5, 0.6) is 11.5 Å². The number of amides is 1. The van der Waals surface area contributed by atoms with Gasteiger partial charge in [-0.1, -0.05) is 0 Å². The molecule has 4 heterocycles. The van der Waals surface area contributed by atoms with E-state index in [1.54, 1.807) is 15.8 Å². The average Bonchev–Trinajstić information content (AvgIpc) is 3.61. The van der Waals surface area contributed by atoms with E-state index >= 15 is 0 Å². The Morgan fingerprint density at radius 3 is 2.50 bits per heavy atom. The number of nitriles is 1. The Kier molecular flexibility index (Phi) is 5.42. The molecule has 0 radical (unpaired) electrons. The van der Waals surface area contributed by atoms with Gasteiger partial charge < -0.3 is 14.4 Å². The Labute approximate surface area is 196 Å². The highest BCUT2D eigenvalue weighted by Gasteiger charge is 2.31. The summed E-state index contributed by atoms with van der Waals surface area (Å²) in [6, 6.07) is 9.92. The average molecular weight is 457 g/mol. The smallest absolute Gasteiger partial charge is 0.261 e. The number of carbonyl (C=O) groups is 1. The maximum absolute atomic E-state index is 13.3. The molecule has 9 heteroatoms. The molecule has 9 nitrogen and oxygen atoms in total. The van der Waals surface area contributed by atoms with E-state index < -0.39 is 0 Å². The molecule has 0 spiro atoms. The lowest BCUT2D eigenvalue weighted by atomic mass is 10.0. The zero-order chi connectivity index (χ0) is 23.8. The molecule has 172 valence electrons. The van der Waals surface area contributed by atoms with Crippen LogP contribution < -0.4 is 9.47 Å². The molecule has 0 saturated carbocycles. The molecule has 1 aliphatic heterocycles. The molecule has 1 amide bonds. The number of hydrogen-bond donors (Lipinski definition) is 0. The summed E-state index contributed by atoms with van der Waals surface area (Å²) in [6.07, 6.45) is 8.20. The van der Waals surface area contributed by atoms with Crippen LogP contribution in [-0.2, 0) is 7.05 Å². The first-order chi connectivity index (χ1) is 16.5. The molecule has 0 bridgehead atoms. The number of aryl methyl sites for hydroxylation is 1. The van der Waals surface area contributed by atoms with Gasteiger partial charge in [0.2, 0.25) is 0 Å². The van der Waals surface area contributed by atoms with Gasteiger partial charge >= 0.3 is 0 Å². The largest absolute Gasteiger partial charge is 0.496 e. The summed E-state index contributed by atoms with van der Waals surface area (Å²) in [5.41, 5.74) is 4.84. The van der Waals surface area contributed by atoms with Crippen LogP contribution in [-0.4, -0.2) is 57.3 Å². The van der Waals surface area contributed by atoms with Crippen LogP contribution in [0.25, 0.3) is 28.0 Å². The quantitative estimate of drug-likeness (QED) is 0.457. The molecule has 0 N–H and O–H groups in total. The number of pyridine rings is 1. The summed E-state index contributed by atoms with van der Waals surface area (Å²) in [5.74, 6) is 0.496. The topological polar surface area (TPSA) is 97.7 Å². The lowest BCUT2D eigenvalue weighted by Gasteiger charge is -2.20. The molecular weight excluding hydrogens is 432 g/mol. The minimum atomic E-state index is -0.197. The molecule has 1 aromatic carbocycles. The molecule has 1 aliphatic rings. The lowest BCUT2D eigenvalue weighted by molar-refractivity contribution is 0.0783. The Balaban J connectivity index is 1.54. The Hall–Kier alpha value is -4.32. The fourth-order valence-electron chi connectivity index (χ4n) is 4.42. The molecule has 3 aromatic heterocycles. The first kappa shape index (κ1) is 21.5. The van der Waals surface area contributed by atoms with E-state index in [4.69, 9.17) is 9.47 Å². The summed E-state index contributed by atoms with van der Waals surface area (Å²) in [7, 11) is 4.95. The second kappa shape index (κ2) is 8.56. The van der Waals surface area contributed by atoms with Crippen molar-refractivity contribution in [2.75, 3.05) is 27.3 Å². The molecule has 1 saturated heterocycles. The highest BCUT2D eigenvalue weighted by molar-refractivity contribution is 6.01. The molecule has 34 heavy (non-hydrogen) atoms. The van der Waals surface area contributed by atoms with Crippen molar-refractivity contribution in [3.63, 3.8) is 0 Å². The minimum absolute atomic E-state index is 0.144. The van der Waals surface area contributed by atoms with Gasteiger partial charge in [0, 0.05) is 43.7 Å². The van der Waals surface area contributed by atoms with Gasteiger partial charge in [0.05, 0.1) is 44.3 Å². The maximum atomic E-state index is 13.3. The number of aromatic nitrogens is 4. The normalized spacial score (nSPS) is 15.5. The predicted octanol–water partition coefficient (Wildman–Crippen LogP) is 3.40. The summed E-state index contributed by atoms with van der Waals surface area (Å²) in [5, 5.41) is 13.4. The number of hydrogen-bond acceptors (Lipinski definition) is 6. The fraction of sp³-hybridized carbons (Fsp3) is 0.280. The highest BCUT2D eigenvalue weighted by atomic mass is 16.5. The number of benzene rings is 1. The van der Waals surface area contributed by atoms with Crippen molar-refractivity contribution in [3.8, 4) is 40.0 Å². The van der Waals surface area contributed by atoms with E-state index in [0.29, 0.717) is 36.6 Å². The molecule has 1 unspecified atom stereocenters. The molecule has 4 aromatic rings. The van der Waals surface area contributed by atoms with Gasteiger partial charge in [0.15, 0.2) is 0 Å². The number of fused-ring (bicyclic) bond motifs is 1.